The molecule has 2 N–H and O–H groups in total. The summed E-state index contributed by atoms with van der Waals surface area (Å²) in [5.41, 5.74) is 0.802. The van der Waals surface area contributed by atoms with Gasteiger partial charge in [-0.15, -0.1) is 0 Å². The van der Waals surface area contributed by atoms with Crippen LogP contribution in [-0.2, 0) is 14.3 Å². The lowest BCUT2D eigenvalue weighted by Crippen LogP contribution is -2.24. The molecule has 1 aromatic carbocycles. The normalized spacial score (nSPS) is 10.3. The summed E-state index contributed by atoms with van der Waals surface area (Å²) in [5.74, 6) is -0.473. The number of methoxy groups -OCH3 is 1. The minimum atomic E-state index is -0.363. The Morgan fingerprint density at radius 1 is 1.33 bits per heavy atom. The van der Waals surface area contributed by atoms with Gasteiger partial charge < -0.3 is 15.2 Å². The van der Waals surface area contributed by atoms with Crippen LogP contribution >= 0.6 is 0 Å². The third kappa shape index (κ3) is 5.16. The van der Waals surface area contributed by atoms with E-state index < -0.39 is 0 Å². The number of phenols is 1. The highest BCUT2D eigenvalue weighted by atomic mass is 16.5. The summed E-state index contributed by atoms with van der Waals surface area (Å²) in [5, 5.41) is 11.6. The second-order valence-corrected chi connectivity index (χ2v) is 3.54. The fourth-order valence-electron chi connectivity index (χ4n) is 1.21. The smallest absolute Gasteiger partial charge is 0.307 e. The predicted molar refractivity (Wildman–Crippen MR) is 66.8 cm³/mol. The van der Waals surface area contributed by atoms with Crippen LogP contribution in [0, 0.1) is 0 Å². The van der Waals surface area contributed by atoms with E-state index in [1.165, 1.54) is 25.3 Å². The Kier molecular flexibility index (Phi) is 5.44. The van der Waals surface area contributed by atoms with Crippen molar-refractivity contribution in [2.75, 3.05) is 13.7 Å². The number of nitrogens with one attached hydrogen (secondary N) is 1. The third-order valence-corrected chi connectivity index (χ3v) is 2.18. The van der Waals surface area contributed by atoms with Gasteiger partial charge in [-0.1, -0.05) is 12.1 Å². The number of amides is 1. The van der Waals surface area contributed by atoms with Crippen LogP contribution in [0.1, 0.15) is 12.0 Å². The summed E-state index contributed by atoms with van der Waals surface area (Å²) in [6.45, 7) is 0.241. The maximum Gasteiger partial charge on any atom is 0.307 e. The Balaban J connectivity index is 2.35. The van der Waals surface area contributed by atoms with E-state index in [4.69, 9.17) is 5.11 Å². The molecule has 5 heteroatoms. The van der Waals surface area contributed by atoms with Gasteiger partial charge in [0.2, 0.25) is 5.91 Å². The van der Waals surface area contributed by atoms with E-state index in [9.17, 15) is 9.59 Å². The average molecular weight is 249 g/mol. The van der Waals surface area contributed by atoms with Crippen LogP contribution in [0.25, 0.3) is 6.08 Å². The molecule has 0 aliphatic heterocycles. The lowest BCUT2D eigenvalue weighted by atomic mass is 10.2. The van der Waals surface area contributed by atoms with Crippen molar-refractivity contribution < 1.29 is 19.4 Å². The van der Waals surface area contributed by atoms with E-state index in [2.05, 4.69) is 10.1 Å². The summed E-state index contributed by atoms with van der Waals surface area (Å²) in [4.78, 5) is 22.1. The van der Waals surface area contributed by atoms with Crippen LogP contribution < -0.4 is 5.32 Å². The molecular weight excluding hydrogens is 234 g/mol. The van der Waals surface area contributed by atoms with Gasteiger partial charge >= 0.3 is 5.97 Å². The van der Waals surface area contributed by atoms with Gasteiger partial charge in [0.15, 0.2) is 0 Å². The first-order chi connectivity index (χ1) is 8.61. The standard InChI is InChI=1S/C13H15NO4/c1-18-13(17)8-9-14-12(16)7-4-10-2-5-11(15)6-3-10/h2-7,15H,8-9H2,1H3,(H,14,16). The fourth-order valence-corrected chi connectivity index (χ4v) is 1.21. The van der Waals surface area contributed by atoms with Crippen LogP contribution in [0.2, 0.25) is 0 Å². The summed E-state index contributed by atoms with van der Waals surface area (Å²) >= 11 is 0. The Hall–Kier alpha value is -2.30. The third-order valence-electron chi connectivity index (χ3n) is 2.18. The Bertz CT molecular complexity index is 437. The molecule has 0 saturated carbocycles. The molecule has 0 fully saturated rings. The number of rotatable bonds is 5. The first-order valence-corrected chi connectivity index (χ1v) is 5.43. The van der Waals surface area contributed by atoms with Crippen molar-refractivity contribution in [3.8, 4) is 5.75 Å². The number of carbonyl (C=O) groups is 2. The highest BCUT2D eigenvalue weighted by Gasteiger charge is 2.00. The largest absolute Gasteiger partial charge is 0.508 e. The number of phenolic OH excluding ortho intramolecular Hbond substituents is 1. The summed E-state index contributed by atoms with van der Waals surface area (Å²) in [6, 6.07) is 6.45. The molecule has 96 valence electrons. The molecule has 0 radical (unpaired) electrons. The topological polar surface area (TPSA) is 75.6 Å². The molecule has 5 nitrogen and oxygen atoms in total. The van der Waals surface area contributed by atoms with Crippen molar-refractivity contribution in [3.63, 3.8) is 0 Å². The first-order valence-electron chi connectivity index (χ1n) is 5.43. The van der Waals surface area contributed by atoms with Crippen LogP contribution in [-0.4, -0.2) is 30.6 Å². The Morgan fingerprint density at radius 2 is 2.00 bits per heavy atom. The van der Waals surface area contributed by atoms with E-state index in [1.54, 1.807) is 18.2 Å². The van der Waals surface area contributed by atoms with Gasteiger partial charge in [-0.3, -0.25) is 9.59 Å². The van der Waals surface area contributed by atoms with E-state index in [-0.39, 0.29) is 30.6 Å². The minimum absolute atomic E-state index is 0.148. The van der Waals surface area contributed by atoms with Crippen molar-refractivity contribution in [2.45, 2.75) is 6.42 Å². The molecule has 0 bridgehead atoms. The second-order valence-electron chi connectivity index (χ2n) is 3.54. The molecule has 0 aromatic heterocycles. The number of ether oxygens (including phenoxy) is 1. The second kappa shape index (κ2) is 7.11. The van der Waals surface area contributed by atoms with Gasteiger partial charge in [0, 0.05) is 12.6 Å². The van der Waals surface area contributed by atoms with Crippen LogP contribution in [0.15, 0.2) is 30.3 Å². The van der Waals surface area contributed by atoms with Gasteiger partial charge in [-0.25, -0.2) is 0 Å². The van der Waals surface area contributed by atoms with Gasteiger partial charge in [0.25, 0.3) is 0 Å². The molecule has 1 rings (SSSR count). The zero-order valence-corrected chi connectivity index (χ0v) is 10.1. The number of carbonyl (C=O) groups excluding carboxylic acids is 2. The highest BCUT2D eigenvalue weighted by molar-refractivity contribution is 5.91. The zero-order valence-electron chi connectivity index (χ0n) is 10.1. The van der Waals surface area contributed by atoms with Gasteiger partial charge in [-0.2, -0.15) is 0 Å². The minimum Gasteiger partial charge on any atom is -0.508 e. The summed E-state index contributed by atoms with van der Waals surface area (Å²) in [6.07, 6.45) is 3.13. The van der Waals surface area contributed by atoms with E-state index >= 15 is 0 Å². The van der Waals surface area contributed by atoms with Crippen molar-refractivity contribution in [1.82, 2.24) is 5.32 Å². The predicted octanol–water partition coefficient (Wildman–Crippen LogP) is 1.08. The SMILES string of the molecule is COC(=O)CCNC(=O)C=Cc1ccc(O)cc1. The first kappa shape index (κ1) is 13.8. The molecule has 1 aromatic rings. The number of esters is 1. The summed E-state index contributed by atoms with van der Waals surface area (Å²) in [7, 11) is 1.30. The summed E-state index contributed by atoms with van der Waals surface area (Å²) < 4.78 is 4.44. The van der Waals surface area contributed by atoms with Gasteiger partial charge in [0.05, 0.1) is 13.5 Å². The average Bonchev–Trinajstić information content (AvgIpc) is 2.38. The molecule has 0 spiro atoms. The zero-order chi connectivity index (χ0) is 13.4. The lowest BCUT2D eigenvalue weighted by Gasteiger charge is -2.00. The van der Waals surface area contributed by atoms with Gasteiger partial charge in [-0.05, 0) is 23.8 Å². The Morgan fingerprint density at radius 3 is 2.61 bits per heavy atom. The van der Waals surface area contributed by atoms with Crippen LogP contribution in [0.4, 0.5) is 0 Å². The van der Waals surface area contributed by atoms with E-state index in [0.717, 1.165) is 5.56 Å². The van der Waals surface area contributed by atoms with E-state index in [1.807, 2.05) is 0 Å². The number of hydrogen-bond acceptors (Lipinski definition) is 4. The van der Waals surface area contributed by atoms with Crippen molar-refractivity contribution >= 4 is 18.0 Å². The molecule has 0 aliphatic rings. The molecular formula is C13H15NO4. The lowest BCUT2D eigenvalue weighted by molar-refractivity contribution is -0.140. The fraction of sp³-hybridized carbons (Fsp3) is 0.231. The van der Waals surface area contributed by atoms with E-state index in [0.29, 0.717) is 0 Å². The molecule has 0 aliphatic carbocycles. The molecule has 1 amide bonds. The van der Waals surface area contributed by atoms with Crippen LogP contribution in [0.3, 0.4) is 0 Å². The number of benzene rings is 1. The van der Waals surface area contributed by atoms with Crippen molar-refractivity contribution in [1.29, 1.82) is 0 Å². The maximum atomic E-state index is 11.4. The molecule has 0 atom stereocenters. The monoisotopic (exact) mass is 249 g/mol. The number of hydrogen-bond donors (Lipinski definition) is 2. The highest BCUT2D eigenvalue weighted by Crippen LogP contribution is 2.10. The molecule has 0 unspecified atom stereocenters. The van der Waals surface area contributed by atoms with Gasteiger partial charge in [0.1, 0.15) is 5.75 Å². The molecule has 0 heterocycles. The Labute approximate surface area is 105 Å². The van der Waals surface area contributed by atoms with Crippen LogP contribution in [0.5, 0.6) is 5.75 Å². The van der Waals surface area contributed by atoms with Crippen molar-refractivity contribution in [3.05, 3.63) is 35.9 Å². The molecule has 18 heavy (non-hydrogen) atoms. The van der Waals surface area contributed by atoms with Crippen molar-refractivity contribution in [2.24, 2.45) is 0 Å². The molecule has 0 saturated heterocycles. The quantitative estimate of drug-likeness (QED) is 0.605. The number of aromatic hydroxyl groups is 1. The maximum absolute atomic E-state index is 11.4.